The van der Waals surface area contributed by atoms with Crippen LogP contribution in [0, 0.1) is 0 Å². The summed E-state index contributed by atoms with van der Waals surface area (Å²) in [4.78, 5) is 0. The number of nitrogens with zero attached hydrogens (tertiary/aromatic N) is 1. The van der Waals surface area contributed by atoms with Crippen molar-refractivity contribution in [2.24, 2.45) is 0 Å². The fraction of sp³-hybridized carbons (Fsp3) is 1.00. The van der Waals surface area contributed by atoms with Crippen LogP contribution in [0.1, 0.15) is 27.2 Å². The first-order chi connectivity index (χ1) is 6.46. The summed E-state index contributed by atoms with van der Waals surface area (Å²) >= 11 is 0. The van der Waals surface area contributed by atoms with Crippen LogP contribution in [0.15, 0.2) is 0 Å². The summed E-state index contributed by atoms with van der Waals surface area (Å²) in [5.74, 6) is 0. The molecule has 0 bridgehead atoms. The zero-order valence-electron chi connectivity index (χ0n) is 9.16. The number of sulfonamides is 1. The van der Waals surface area contributed by atoms with E-state index in [1.807, 2.05) is 6.92 Å². The van der Waals surface area contributed by atoms with Gasteiger partial charge in [0.25, 0.3) is 0 Å². The van der Waals surface area contributed by atoms with E-state index in [-0.39, 0.29) is 11.3 Å². The van der Waals surface area contributed by atoms with E-state index >= 15 is 0 Å². The minimum absolute atomic E-state index is 0.0740. The highest BCUT2D eigenvalue weighted by Crippen LogP contribution is 2.14. The average molecular weight is 220 g/mol. The first-order valence-corrected chi connectivity index (χ1v) is 6.68. The van der Waals surface area contributed by atoms with E-state index in [1.54, 1.807) is 18.2 Å². The van der Waals surface area contributed by atoms with Crippen molar-refractivity contribution in [3.05, 3.63) is 0 Å². The molecule has 1 aliphatic heterocycles. The van der Waals surface area contributed by atoms with Gasteiger partial charge in [-0.05, 0) is 33.7 Å². The Morgan fingerprint density at radius 2 is 2.07 bits per heavy atom. The normalized spacial score (nSPS) is 26.4. The molecule has 1 aliphatic rings. The Kier molecular flexibility index (Phi) is 3.92. The molecule has 0 spiro atoms. The second-order valence-electron chi connectivity index (χ2n) is 4.11. The maximum absolute atomic E-state index is 11.9. The summed E-state index contributed by atoms with van der Waals surface area (Å²) < 4.78 is 25.5. The Morgan fingerprint density at radius 1 is 1.43 bits per heavy atom. The van der Waals surface area contributed by atoms with Crippen LogP contribution in [0.25, 0.3) is 0 Å². The van der Waals surface area contributed by atoms with Crippen molar-refractivity contribution in [1.82, 2.24) is 9.62 Å². The molecule has 0 aliphatic carbocycles. The van der Waals surface area contributed by atoms with E-state index in [2.05, 4.69) is 5.32 Å². The molecular weight excluding hydrogens is 200 g/mol. The van der Waals surface area contributed by atoms with Crippen molar-refractivity contribution < 1.29 is 8.42 Å². The Hall–Kier alpha value is -0.130. The molecule has 0 aromatic carbocycles. The fourth-order valence-electron chi connectivity index (χ4n) is 1.64. The zero-order chi connectivity index (χ0) is 10.8. The smallest absolute Gasteiger partial charge is 0.216 e. The van der Waals surface area contributed by atoms with Gasteiger partial charge in [0.05, 0.1) is 5.25 Å². The van der Waals surface area contributed by atoms with Crippen LogP contribution in [0.2, 0.25) is 0 Å². The zero-order valence-corrected chi connectivity index (χ0v) is 9.97. The van der Waals surface area contributed by atoms with E-state index in [0.717, 1.165) is 19.5 Å². The van der Waals surface area contributed by atoms with Gasteiger partial charge in [0.15, 0.2) is 0 Å². The van der Waals surface area contributed by atoms with Crippen molar-refractivity contribution >= 4 is 10.0 Å². The molecule has 1 saturated heterocycles. The molecule has 5 heteroatoms. The van der Waals surface area contributed by atoms with Crippen molar-refractivity contribution in [2.45, 2.75) is 38.5 Å². The van der Waals surface area contributed by atoms with Crippen LogP contribution >= 0.6 is 0 Å². The van der Waals surface area contributed by atoms with E-state index < -0.39 is 10.0 Å². The van der Waals surface area contributed by atoms with Gasteiger partial charge >= 0.3 is 0 Å². The number of hydrogen-bond acceptors (Lipinski definition) is 3. The van der Waals surface area contributed by atoms with E-state index in [9.17, 15) is 8.42 Å². The third-order valence-corrected chi connectivity index (χ3v) is 4.97. The predicted molar refractivity (Wildman–Crippen MR) is 57.7 cm³/mol. The molecule has 1 unspecified atom stereocenters. The minimum atomic E-state index is -3.08. The molecule has 84 valence electrons. The summed E-state index contributed by atoms with van der Waals surface area (Å²) in [5, 5.41) is 2.92. The molecule has 0 radical (unpaired) electrons. The Morgan fingerprint density at radius 3 is 2.64 bits per heavy atom. The highest BCUT2D eigenvalue weighted by molar-refractivity contribution is 7.89. The molecule has 0 aromatic heterocycles. The average Bonchev–Trinajstić information content (AvgIpc) is 2.29. The lowest BCUT2D eigenvalue weighted by Gasteiger charge is -2.27. The SMILES string of the molecule is CC1CNCCCN1S(=O)(=O)C(C)C. The van der Waals surface area contributed by atoms with Gasteiger partial charge in [-0.2, -0.15) is 4.31 Å². The first-order valence-electron chi connectivity index (χ1n) is 5.17. The van der Waals surface area contributed by atoms with Crippen LogP contribution in [0.5, 0.6) is 0 Å². The van der Waals surface area contributed by atoms with Crippen molar-refractivity contribution in [3.63, 3.8) is 0 Å². The lowest BCUT2D eigenvalue weighted by molar-refractivity contribution is 0.350. The standard InChI is InChI=1S/C9H20N2O2S/c1-8(2)14(12,13)11-6-4-5-10-7-9(11)3/h8-10H,4-7H2,1-3H3. The summed E-state index contributed by atoms with van der Waals surface area (Å²) in [6.07, 6.45) is 0.899. The van der Waals surface area contributed by atoms with Gasteiger partial charge in [0.2, 0.25) is 10.0 Å². The summed E-state index contributed by atoms with van der Waals surface area (Å²) in [6, 6.07) is 0.0740. The third kappa shape index (κ3) is 2.46. The Bertz CT molecular complexity index is 275. The first kappa shape index (κ1) is 11.9. The summed E-state index contributed by atoms with van der Waals surface area (Å²) in [7, 11) is -3.08. The molecule has 1 atom stereocenters. The van der Waals surface area contributed by atoms with Gasteiger partial charge < -0.3 is 5.32 Å². The maximum atomic E-state index is 11.9. The van der Waals surface area contributed by atoms with Gasteiger partial charge in [0.1, 0.15) is 0 Å². The third-order valence-electron chi connectivity index (χ3n) is 2.59. The van der Waals surface area contributed by atoms with Crippen molar-refractivity contribution in [1.29, 1.82) is 0 Å². The van der Waals surface area contributed by atoms with Crippen LogP contribution in [-0.4, -0.2) is 43.6 Å². The van der Waals surface area contributed by atoms with Gasteiger partial charge in [-0.25, -0.2) is 8.42 Å². The summed E-state index contributed by atoms with van der Waals surface area (Å²) in [6.45, 7) is 7.74. The van der Waals surface area contributed by atoms with E-state index in [0.29, 0.717) is 6.54 Å². The van der Waals surface area contributed by atoms with E-state index in [1.165, 1.54) is 0 Å². The van der Waals surface area contributed by atoms with Crippen LogP contribution in [-0.2, 0) is 10.0 Å². The van der Waals surface area contributed by atoms with E-state index in [4.69, 9.17) is 0 Å². The highest BCUT2D eigenvalue weighted by Gasteiger charge is 2.30. The molecule has 0 amide bonds. The fourth-order valence-corrected chi connectivity index (χ4v) is 3.14. The van der Waals surface area contributed by atoms with Crippen molar-refractivity contribution in [2.75, 3.05) is 19.6 Å². The molecule has 1 fully saturated rings. The number of nitrogens with one attached hydrogen (secondary N) is 1. The Balaban J connectivity index is 2.83. The topological polar surface area (TPSA) is 49.4 Å². The lowest BCUT2D eigenvalue weighted by atomic mass is 10.3. The van der Waals surface area contributed by atoms with Gasteiger partial charge in [-0.15, -0.1) is 0 Å². The lowest BCUT2D eigenvalue weighted by Crippen LogP contribution is -2.44. The summed E-state index contributed by atoms with van der Waals surface area (Å²) in [5.41, 5.74) is 0. The quantitative estimate of drug-likeness (QED) is 0.733. The molecule has 1 N–H and O–H groups in total. The molecular formula is C9H20N2O2S. The van der Waals surface area contributed by atoms with Crippen LogP contribution in [0.4, 0.5) is 0 Å². The molecule has 0 aromatic rings. The number of rotatable bonds is 2. The second-order valence-corrected chi connectivity index (χ2v) is 6.55. The molecule has 1 heterocycles. The highest BCUT2D eigenvalue weighted by atomic mass is 32.2. The molecule has 0 saturated carbocycles. The molecule has 14 heavy (non-hydrogen) atoms. The largest absolute Gasteiger partial charge is 0.315 e. The maximum Gasteiger partial charge on any atom is 0.216 e. The molecule has 1 rings (SSSR count). The monoisotopic (exact) mass is 220 g/mol. The van der Waals surface area contributed by atoms with Gasteiger partial charge in [0, 0.05) is 19.1 Å². The predicted octanol–water partition coefficient (Wildman–Crippen LogP) is 0.408. The second kappa shape index (κ2) is 4.59. The van der Waals surface area contributed by atoms with Crippen molar-refractivity contribution in [3.8, 4) is 0 Å². The van der Waals surface area contributed by atoms with Gasteiger partial charge in [-0.3, -0.25) is 0 Å². The van der Waals surface area contributed by atoms with Gasteiger partial charge in [-0.1, -0.05) is 0 Å². The molecule has 4 nitrogen and oxygen atoms in total. The van der Waals surface area contributed by atoms with Crippen LogP contribution in [0.3, 0.4) is 0 Å². The minimum Gasteiger partial charge on any atom is -0.315 e. The Labute approximate surface area is 86.7 Å². The van der Waals surface area contributed by atoms with Crippen LogP contribution < -0.4 is 5.32 Å². The number of hydrogen-bond donors (Lipinski definition) is 1.